The van der Waals surface area contributed by atoms with Crippen molar-refractivity contribution in [1.82, 2.24) is 10.6 Å². The molecule has 0 aliphatic carbocycles. The maximum atomic E-state index is 12.8. The Labute approximate surface area is 182 Å². The first-order valence-electron chi connectivity index (χ1n) is 10.0. The third-order valence-electron chi connectivity index (χ3n) is 4.30. The highest BCUT2D eigenvalue weighted by Crippen LogP contribution is 2.16. The molecule has 0 bridgehead atoms. The number of aliphatic carboxylic acids is 1. The Morgan fingerprint density at radius 3 is 2.06 bits per heavy atom. The maximum absolute atomic E-state index is 12.8. The largest absolute Gasteiger partial charge is 0.548 e. The number of carbonyl (C=O) groups excluding carboxylic acids is 3. The van der Waals surface area contributed by atoms with E-state index in [2.05, 4.69) is 10.6 Å². The summed E-state index contributed by atoms with van der Waals surface area (Å²) in [5, 5.41) is 16.4. The molecule has 7 heteroatoms. The van der Waals surface area contributed by atoms with Crippen molar-refractivity contribution in [3.05, 3.63) is 71.4 Å². The molecule has 2 aromatic rings. The van der Waals surface area contributed by atoms with Crippen molar-refractivity contribution < 1.29 is 24.2 Å². The number of hydrogen-bond acceptors (Lipinski definition) is 5. The molecule has 1 atom stereocenters. The minimum absolute atomic E-state index is 0.0190. The second kappa shape index (κ2) is 11.0. The van der Waals surface area contributed by atoms with Gasteiger partial charge in [0.2, 0.25) is 0 Å². The van der Waals surface area contributed by atoms with Crippen molar-refractivity contribution >= 4 is 23.9 Å². The Morgan fingerprint density at radius 2 is 1.55 bits per heavy atom. The molecule has 2 N–H and O–H groups in total. The summed E-state index contributed by atoms with van der Waals surface area (Å²) in [6, 6.07) is 14.2. The molecule has 2 rings (SSSR count). The van der Waals surface area contributed by atoms with Crippen LogP contribution in [0, 0.1) is 5.92 Å². The van der Waals surface area contributed by atoms with Crippen LogP contribution in [-0.2, 0) is 9.59 Å². The highest BCUT2D eigenvalue weighted by molar-refractivity contribution is 6.06. The highest BCUT2D eigenvalue weighted by atomic mass is 16.5. The van der Waals surface area contributed by atoms with Gasteiger partial charge in [-0.3, -0.25) is 9.59 Å². The van der Waals surface area contributed by atoms with Gasteiger partial charge in [-0.2, -0.15) is 0 Å². The summed E-state index contributed by atoms with van der Waals surface area (Å²) in [5.41, 5.74) is 0.907. The van der Waals surface area contributed by atoms with Crippen molar-refractivity contribution in [3.8, 4) is 5.75 Å². The van der Waals surface area contributed by atoms with Gasteiger partial charge in [0.1, 0.15) is 11.4 Å². The molecule has 0 saturated heterocycles. The fourth-order valence-corrected chi connectivity index (χ4v) is 2.74. The number of carboxylic acid groups (broad SMARTS) is 1. The predicted molar refractivity (Wildman–Crippen MR) is 116 cm³/mol. The number of benzene rings is 2. The number of ether oxygens (including phenoxy) is 1. The average molecular weight is 423 g/mol. The van der Waals surface area contributed by atoms with E-state index < -0.39 is 29.7 Å². The Morgan fingerprint density at radius 1 is 0.935 bits per heavy atom. The molecule has 0 aliphatic heterocycles. The van der Waals surface area contributed by atoms with Gasteiger partial charge in [-0.15, -0.1) is 0 Å². The van der Waals surface area contributed by atoms with Crippen molar-refractivity contribution in [3.63, 3.8) is 0 Å². The molecular formula is C24H27N2O5-. The average Bonchev–Trinajstić information content (AvgIpc) is 2.72. The molecule has 2 aromatic carbocycles. The molecule has 7 nitrogen and oxygen atoms in total. The molecule has 0 spiro atoms. The van der Waals surface area contributed by atoms with Gasteiger partial charge in [0.25, 0.3) is 11.8 Å². The fourth-order valence-electron chi connectivity index (χ4n) is 2.74. The van der Waals surface area contributed by atoms with Crippen molar-refractivity contribution in [2.45, 2.75) is 39.8 Å². The minimum atomic E-state index is -1.40. The third kappa shape index (κ3) is 7.29. The van der Waals surface area contributed by atoms with Crippen LogP contribution in [0.4, 0.5) is 0 Å². The molecule has 0 saturated carbocycles. The van der Waals surface area contributed by atoms with Crippen molar-refractivity contribution in [1.29, 1.82) is 0 Å². The number of rotatable bonds is 9. The zero-order chi connectivity index (χ0) is 23.0. The number of hydrogen-bond donors (Lipinski definition) is 2. The lowest BCUT2D eigenvalue weighted by atomic mass is 10.0. The van der Waals surface area contributed by atoms with Crippen LogP contribution < -0.4 is 20.5 Å². The molecule has 164 valence electrons. The Bertz CT molecular complexity index is 934. The van der Waals surface area contributed by atoms with Crippen molar-refractivity contribution in [2.24, 2.45) is 5.92 Å². The van der Waals surface area contributed by atoms with Crippen LogP contribution >= 0.6 is 0 Å². The molecule has 0 aromatic heterocycles. The van der Waals surface area contributed by atoms with Gasteiger partial charge in [0.15, 0.2) is 0 Å². The van der Waals surface area contributed by atoms with E-state index in [1.807, 2.05) is 13.8 Å². The summed E-state index contributed by atoms with van der Waals surface area (Å²) in [6.45, 7) is 7.13. The van der Waals surface area contributed by atoms with Gasteiger partial charge in [-0.05, 0) is 55.7 Å². The van der Waals surface area contributed by atoms with Crippen LogP contribution in [0.2, 0.25) is 0 Å². The standard InChI is InChI=1S/C24H28N2O5/c1-15(2)21(24(29)30)26-23(28)20(25-22(27)18-8-6-5-7-9-18)14-17-10-12-19(13-11-17)31-16(3)4/h5-16,21H,1-4H3,(H,25,27)(H,26,28)(H,29,30)/p-1/b20-14-/t21-/m1/s1. The Balaban J connectivity index is 2.32. The molecule has 0 aliphatic rings. The zero-order valence-electron chi connectivity index (χ0n) is 18.0. The number of nitrogens with one attached hydrogen (secondary N) is 2. The predicted octanol–water partition coefficient (Wildman–Crippen LogP) is 2.14. The van der Waals surface area contributed by atoms with Gasteiger partial charge in [-0.1, -0.05) is 44.2 Å². The van der Waals surface area contributed by atoms with Crippen LogP contribution in [0.1, 0.15) is 43.6 Å². The van der Waals surface area contributed by atoms with E-state index in [9.17, 15) is 19.5 Å². The van der Waals surface area contributed by atoms with Crippen LogP contribution in [-0.4, -0.2) is 29.9 Å². The first kappa shape index (κ1) is 23.7. The Kier molecular flexibility index (Phi) is 8.37. The Hall–Kier alpha value is -3.61. The topological polar surface area (TPSA) is 108 Å². The lowest BCUT2D eigenvalue weighted by molar-refractivity contribution is -0.309. The van der Waals surface area contributed by atoms with Crippen LogP contribution in [0.5, 0.6) is 5.75 Å². The van der Waals surface area contributed by atoms with Gasteiger partial charge in [-0.25, -0.2) is 0 Å². The van der Waals surface area contributed by atoms with Gasteiger partial charge in [0, 0.05) is 5.56 Å². The summed E-state index contributed by atoms with van der Waals surface area (Å²) in [6.07, 6.45) is 1.49. The van der Waals surface area contributed by atoms with Crippen LogP contribution in [0.15, 0.2) is 60.3 Å². The van der Waals surface area contributed by atoms with E-state index in [1.54, 1.807) is 68.4 Å². The first-order chi connectivity index (χ1) is 14.7. The van der Waals surface area contributed by atoms with E-state index >= 15 is 0 Å². The molecular weight excluding hydrogens is 396 g/mol. The SMILES string of the molecule is CC(C)Oc1ccc(/C=C(\NC(=O)c2ccccc2)C(=O)N[C@@H](C(=O)[O-])C(C)C)cc1. The van der Waals surface area contributed by atoms with E-state index in [4.69, 9.17) is 4.74 Å². The second-order valence-corrected chi connectivity index (χ2v) is 7.63. The molecule has 0 fully saturated rings. The summed E-state index contributed by atoms with van der Waals surface area (Å²) >= 11 is 0. The normalized spacial score (nSPS) is 12.4. The number of amides is 2. The molecule has 2 amide bonds. The lowest BCUT2D eigenvalue weighted by Crippen LogP contribution is -2.52. The number of carboxylic acids is 1. The smallest absolute Gasteiger partial charge is 0.268 e. The van der Waals surface area contributed by atoms with E-state index in [1.165, 1.54) is 6.08 Å². The highest BCUT2D eigenvalue weighted by Gasteiger charge is 2.21. The lowest BCUT2D eigenvalue weighted by Gasteiger charge is -2.24. The summed E-state index contributed by atoms with van der Waals surface area (Å²) in [7, 11) is 0. The molecule has 0 heterocycles. The monoisotopic (exact) mass is 423 g/mol. The summed E-state index contributed by atoms with van der Waals surface area (Å²) in [5.74, 6) is -2.34. The quantitative estimate of drug-likeness (QED) is 0.601. The zero-order valence-corrected chi connectivity index (χ0v) is 18.0. The van der Waals surface area contributed by atoms with E-state index in [0.717, 1.165) is 0 Å². The third-order valence-corrected chi connectivity index (χ3v) is 4.30. The fraction of sp³-hybridized carbons (Fsp3) is 0.292. The maximum Gasteiger partial charge on any atom is 0.268 e. The number of carbonyl (C=O) groups is 3. The summed E-state index contributed by atoms with van der Waals surface area (Å²) < 4.78 is 5.61. The van der Waals surface area contributed by atoms with Gasteiger partial charge < -0.3 is 25.3 Å². The molecule has 31 heavy (non-hydrogen) atoms. The van der Waals surface area contributed by atoms with Gasteiger partial charge >= 0.3 is 0 Å². The van der Waals surface area contributed by atoms with Crippen molar-refractivity contribution in [2.75, 3.05) is 0 Å². The van der Waals surface area contributed by atoms with Crippen LogP contribution in [0.25, 0.3) is 6.08 Å². The molecule has 0 unspecified atom stereocenters. The van der Waals surface area contributed by atoms with Crippen LogP contribution in [0.3, 0.4) is 0 Å². The van der Waals surface area contributed by atoms with Gasteiger partial charge in [0.05, 0.1) is 18.1 Å². The minimum Gasteiger partial charge on any atom is -0.548 e. The second-order valence-electron chi connectivity index (χ2n) is 7.63. The summed E-state index contributed by atoms with van der Waals surface area (Å²) in [4.78, 5) is 36.8. The molecule has 0 radical (unpaired) electrons. The first-order valence-corrected chi connectivity index (χ1v) is 10.0. The van der Waals surface area contributed by atoms with E-state index in [-0.39, 0.29) is 11.8 Å². The van der Waals surface area contributed by atoms with E-state index in [0.29, 0.717) is 16.9 Å².